The number of carbonyl (C=O) groups is 1. The van der Waals surface area contributed by atoms with Crippen LogP contribution in [0.1, 0.15) is 19.3 Å². The van der Waals surface area contributed by atoms with Gasteiger partial charge in [0.15, 0.2) is 0 Å². The Bertz CT molecular complexity index is 129. The molecule has 0 bridgehead atoms. The zero-order valence-corrected chi connectivity index (χ0v) is 8.56. The first-order valence-corrected chi connectivity index (χ1v) is 4.73. The third-order valence-corrected chi connectivity index (χ3v) is 1.74. The number of ether oxygens (including phenoxy) is 1. The maximum atomic E-state index is 10.7. The first-order chi connectivity index (χ1) is 6.31. The maximum Gasteiger partial charge on any atom is 0.305 e. The van der Waals surface area contributed by atoms with E-state index in [1.54, 1.807) is 0 Å². The Morgan fingerprint density at radius 2 is 1.92 bits per heavy atom. The standard InChI is InChI=1S/C9H20N2O2/c1-10-6-4-8-11-7-3-5-9(12)13-2/h10-11H,3-8H2,1-2H3. The van der Waals surface area contributed by atoms with E-state index in [2.05, 4.69) is 15.4 Å². The second-order valence-electron chi connectivity index (χ2n) is 2.89. The largest absolute Gasteiger partial charge is 0.469 e. The molecule has 0 aromatic carbocycles. The molecule has 4 heteroatoms. The van der Waals surface area contributed by atoms with E-state index in [4.69, 9.17) is 0 Å². The first kappa shape index (κ1) is 12.4. The van der Waals surface area contributed by atoms with Crippen LogP contribution in [0.4, 0.5) is 0 Å². The average molecular weight is 188 g/mol. The molecule has 0 heterocycles. The second-order valence-corrected chi connectivity index (χ2v) is 2.89. The van der Waals surface area contributed by atoms with Crippen LogP contribution >= 0.6 is 0 Å². The molecule has 0 radical (unpaired) electrons. The number of hydrogen-bond donors (Lipinski definition) is 2. The predicted octanol–water partition coefficient (Wildman–Crippen LogP) is 0.139. The van der Waals surface area contributed by atoms with Crippen LogP contribution in [-0.2, 0) is 9.53 Å². The SMILES string of the molecule is CNCCCNCCCC(=O)OC. The average Bonchev–Trinajstić information content (AvgIpc) is 2.16. The lowest BCUT2D eigenvalue weighted by atomic mass is 10.3. The molecule has 2 N–H and O–H groups in total. The summed E-state index contributed by atoms with van der Waals surface area (Å²) in [5.74, 6) is -0.128. The minimum Gasteiger partial charge on any atom is -0.469 e. The number of esters is 1. The number of carbonyl (C=O) groups excluding carboxylic acids is 1. The Hall–Kier alpha value is -0.610. The Morgan fingerprint density at radius 1 is 1.23 bits per heavy atom. The summed E-state index contributed by atoms with van der Waals surface area (Å²) < 4.78 is 4.52. The van der Waals surface area contributed by atoms with E-state index >= 15 is 0 Å². The van der Waals surface area contributed by atoms with Gasteiger partial charge in [0.2, 0.25) is 0 Å². The van der Waals surface area contributed by atoms with Gasteiger partial charge in [0.25, 0.3) is 0 Å². The van der Waals surface area contributed by atoms with Crippen LogP contribution in [0.25, 0.3) is 0 Å². The molecule has 0 unspecified atom stereocenters. The molecule has 0 atom stereocenters. The summed E-state index contributed by atoms with van der Waals surface area (Å²) in [7, 11) is 3.36. The van der Waals surface area contributed by atoms with Crippen molar-refractivity contribution in [3.63, 3.8) is 0 Å². The molecular weight excluding hydrogens is 168 g/mol. The fourth-order valence-electron chi connectivity index (χ4n) is 0.975. The van der Waals surface area contributed by atoms with Crippen molar-refractivity contribution in [3.8, 4) is 0 Å². The molecule has 0 saturated carbocycles. The Morgan fingerprint density at radius 3 is 2.54 bits per heavy atom. The molecule has 0 aromatic rings. The lowest BCUT2D eigenvalue weighted by Gasteiger charge is -2.03. The van der Waals surface area contributed by atoms with Crippen molar-refractivity contribution < 1.29 is 9.53 Å². The quantitative estimate of drug-likeness (QED) is 0.420. The van der Waals surface area contributed by atoms with Gasteiger partial charge in [-0.15, -0.1) is 0 Å². The molecular formula is C9H20N2O2. The van der Waals surface area contributed by atoms with Crippen molar-refractivity contribution in [1.82, 2.24) is 10.6 Å². The van der Waals surface area contributed by atoms with Crippen molar-refractivity contribution in [2.75, 3.05) is 33.8 Å². The Kier molecular flexibility index (Phi) is 9.03. The smallest absolute Gasteiger partial charge is 0.305 e. The summed E-state index contributed by atoms with van der Waals surface area (Å²) in [6.07, 6.45) is 2.48. The summed E-state index contributed by atoms with van der Waals surface area (Å²) in [4.78, 5) is 10.7. The van der Waals surface area contributed by atoms with Crippen molar-refractivity contribution >= 4 is 5.97 Å². The highest BCUT2D eigenvalue weighted by Gasteiger charge is 1.97. The first-order valence-electron chi connectivity index (χ1n) is 4.73. The van der Waals surface area contributed by atoms with E-state index in [0.717, 1.165) is 32.5 Å². The summed E-state index contributed by atoms with van der Waals surface area (Å²) >= 11 is 0. The number of rotatable bonds is 8. The zero-order valence-electron chi connectivity index (χ0n) is 8.56. The van der Waals surface area contributed by atoms with Gasteiger partial charge in [-0.05, 0) is 39.5 Å². The highest BCUT2D eigenvalue weighted by atomic mass is 16.5. The summed E-state index contributed by atoms with van der Waals surface area (Å²) in [5, 5.41) is 6.32. The molecule has 0 amide bonds. The van der Waals surface area contributed by atoms with Crippen LogP contribution < -0.4 is 10.6 Å². The van der Waals surface area contributed by atoms with Gasteiger partial charge in [-0.3, -0.25) is 4.79 Å². The highest BCUT2D eigenvalue weighted by Crippen LogP contribution is 1.89. The van der Waals surface area contributed by atoms with Crippen LogP contribution in [-0.4, -0.2) is 39.8 Å². The third-order valence-electron chi connectivity index (χ3n) is 1.74. The van der Waals surface area contributed by atoms with Crippen LogP contribution in [0.2, 0.25) is 0 Å². The van der Waals surface area contributed by atoms with Gasteiger partial charge < -0.3 is 15.4 Å². The summed E-state index contributed by atoms with van der Waals surface area (Å²) in [6, 6.07) is 0. The fraction of sp³-hybridized carbons (Fsp3) is 0.889. The predicted molar refractivity (Wildman–Crippen MR) is 52.7 cm³/mol. The molecule has 4 nitrogen and oxygen atoms in total. The van der Waals surface area contributed by atoms with Gasteiger partial charge in [-0.2, -0.15) is 0 Å². The highest BCUT2D eigenvalue weighted by molar-refractivity contribution is 5.68. The second kappa shape index (κ2) is 9.48. The minimum absolute atomic E-state index is 0.128. The summed E-state index contributed by atoms with van der Waals surface area (Å²) in [6.45, 7) is 2.92. The van der Waals surface area contributed by atoms with Crippen LogP contribution in [0.5, 0.6) is 0 Å². The summed E-state index contributed by atoms with van der Waals surface area (Å²) in [5.41, 5.74) is 0. The van der Waals surface area contributed by atoms with E-state index in [9.17, 15) is 4.79 Å². The van der Waals surface area contributed by atoms with Crippen molar-refractivity contribution in [2.24, 2.45) is 0 Å². The lowest BCUT2D eigenvalue weighted by molar-refractivity contribution is -0.140. The van der Waals surface area contributed by atoms with Gasteiger partial charge in [-0.25, -0.2) is 0 Å². The van der Waals surface area contributed by atoms with Crippen LogP contribution in [0, 0.1) is 0 Å². The molecule has 13 heavy (non-hydrogen) atoms. The van der Waals surface area contributed by atoms with Gasteiger partial charge in [0.1, 0.15) is 0 Å². The van der Waals surface area contributed by atoms with Gasteiger partial charge in [0, 0.05) is 6.42 Å². The zero-order chi connectivity index (χ0) is 9.94. The van der Waals surface area contributed by atoms with Crippen LogP contribution in [0.3, 0.4) is 0 Å². The van der Waals surface area contributed by atoms with Crippen LogP contribution in [0.15, 0.2) is 0 Å². The normalized spacial score (nSPS) is 10.0. The van der Waals surface area contributed by atoms with Gasteiger partial charge >= 0.3 is 5.97 Å². The molecule has 0 aliphatic rings. The van der Waals surface area contributed by atoms with Gasteiger partial charge in [0.05, 0.1) is 7.11 Å². The van der Waals surface area contributed by atoms with E-state index in [1.165, 1.54) is 7.11 Å². The minimum atomic E-state index is -0.128. The number of methoxy groups -OCH3 is 1. The van der Waals surface area contributed by atoms with E-state index in [1.807, 2.05) is 7.05 Å². The van der Waals surface area contributed by atoms with Gasteiger partial charge in [-0.1, -0.05) is 0 Å². The Balaban J connectivity index is 2.95. The third kappa shape index (κ3) is 9.30. The fourth-order valence-corrected chi connectivity index (χ4v) is 0.975. The molecule has 0 aliphatic carbocycles. The molecule has 0 fully saturated rings. The molecule has 0 aromatic heterocycles. The maximum absolute atomic E-state index is 10.7. The van der Waals surface area contributed by atoms with E-state index in [0.29, 0.717) is 6.42 Å². The molecule has 0 rings (SSSR count). The van der Waals surface area contributed by atoms with E-state index < -0.39 is 0 Å². The Labute approximate surface area is 80.0 Å². The molecule has 0 aliphatic heterocycles. The topological polar surface area (TPSA) is 50.4 Å². The van der Waals surface area contributed by atoms with E-state index in [-0.39, 0.29) is 5.97 Å². The van der Waals surface area contributed by atoms with Crippen molar-refractivity contribution in [2.45, 2.75) is 19.3 Å². The molecule has 78 valence electrons. The monoisotopic (exact) mass is 188 g/mol. The van der Waals surface area contributed by atoms with Crippen molar-refractivity contribution in [1.29, 1.82) is 0 Å². The van der Waals surface area contributed by atoms with Crippen molar-refractivity contribution in [3.05, 3.63) is 0 Å². The molecule has 0 spiro atoms. The lowest BCUT2D eigenvalue weighted by Crippen LogP contribution is -2.21. The number of hydrogen-bond acceptors (Lipinski definition) is 4. The molecule has 0 saturated heterocycles. The number of nitrogens with one attached hydrogen (secondary N) is 2.